The number of anilines is 3. The van der Waals surface area contributed by atoms with Gasteiger partial charge in [-0.15, -0.1) is 0 Å². The molecule has 0 aliphatic carbocycles. The number of nitrogens with zero attached hydrogens (tertiary/aromatic N) is 1. The number of carbonyl (C=O) groups excluding carboxylic acids is 3. The summed E-state index contributed by atoms with van der Waals surface area (Å²) >= 11 is 12.3. The standard InChI is InChI=1S/C25H19Cl2N3O3/c1-14-6-10-19(11-7-14)30-24(32)21(27)22(25(30)33)28-17-5-3-4-16(12-17)23(31)29-18-9-8-15(2)20(26)13-18/h3-13,28H,1-2H3,(H,29,31). The van der Waals surface area contributed by atoms with Crippen molar-refractivity contribution < 1.29 is 14.4 Å². The summed E-state index contributed by atoms with van der Waals surface area (Å²) < 4.78 is 0. The van der Waals surface area contributed by atoms with Crippen molar-refractivity contribution in [3.63, 3.8) is 0 Å². The molecular weight excluding hydrogens is 461 g/mol. The summed E-state index contributed by atoms with van der Waals surface area (Å²) in [5.74, 6) is -1.54. The minimum atomic E-state index is -0.613. The second-order valence-electron chi connectivity index (χ2n) is 7.59. The lowest BCUT2D eigenvalue weighted by Gasteiger charge is -2.15. The van der Waals surface area contributed by atoms with Crippen molar-refractivity contribution in [2.45, 2.75) is 13.8 Å². The van der Waals surface area contributed by atoms with E-state index in [-0.39, 0.29) is 16.6 Å². The van der Waals surface area contributed by atoms with Crippen molar-refractivity contribution in [2.75, 3.05) is 15.5 Å². The summed E-state index contributed by atoms with van der Waals surface area (Å²) in [4.78, 5) is 39.3. The monoisotopic (exact) mass is 479 g/mol. The van der Waals surface area contributed by atoms with Gasteiger partial charge in [-0.2, -0.15) is 0 Å². The van der Waals surface area contributed by atoms with Crippen LogP contribution in [-0.2, 0) is 9.59 Å². The van der Waals surface area contributed by atoms with Crippen molar-refractivity contribution in [1.82, 2.24) is 0 Å². The van der Waals surface area contributed by atoms with Crippen molar-refractivity contribution in [1.29, 1.82) is 0 Å². The van der Waals surface area contributed by atoms with Crippen LogP contribution in [0, 0.1) is 13.8 Å². The van der Waals surface area contributed by atoms with Crippen LogP contribution in [0.4, 0.5) is 17.1 Å². The molecule has 6 nitrogen and oxygen atoms in total. The number of rotatable bonds is 5. The van der Waals surface area contributed by atoms with Gasteiger partial charge in [0.05, 0.1) is 5.69 Å². The summed E-state index contributed by atoms with van der Waals surface area (Å²) in [7, 11) is 0. The minimum Gasteiger partial charge on any atom is -0.350 e. The van der Waals surface area contributed by atoms with Crippen molar-refractivity contribution in [3.05, 3.63) is 99.2 Å². The fraction of sp³-hybridized carbons (Fsp3) is 0.0800. The molecule has 3 aromatic rings. The molecule has 0 saturated carbocycles. The number of imide groups is 1. The average Bonchev–Trinajstić information content (AvgIpc) is 3.00. The normalized spacial score (nSPS) is 13.5. The molecule has 1 aliphatic rings. The first kappa shape index (κ1) is 22.6. The van der Waals surface area contributed by atoms with Crippen LogP contribution in [0.25, 0.3) is 0 Å². The van der Waals surface area contributed by atoms with Gasteiger partial charge in [-0.3, -0.25) is 14.4 Å². The molecule has 0 radical (unpaired) electrons. The topological polar surface area (TPSA) is 78.5 Å². The maximum absolute atomic E-state index is 12.9. The molecule has 8 heteroatoms. The van der Waals surface area contributed by atoms with Gasteiger partial charge in [0.1, 0.15) is 10.7 Å². The highest BCUT2D eigenvalue weighted by Gasteiger charge is 2.38. The van der Waals surface area contributed by atoms with Crippen LogP contribution in [-0.4, -0.2) is 17.7 Å². The molecule has 166 valence electrons. The maximum atomic E-state index is 12.9. The number of nitrogens with one attached hydrogen (secondary N) is 2. The predicted octanol–water partition coefficient (Wildman–Crippen LogP) is 5.64. The fourth-order valence-corrected chi connectivity index (χ4v) is 3.69. The summed E-state index contributed by atoms with van der Waals surface area (Å²) in [6, 6.07) is 18.7. The minimum absolute atomic E-state index is 0.0508. The van der Waals surface area contributed by atoms with Gasteiger partial charge in [0, 0.05) is 22.0 Å². The van der Waals surface area contributed by atoms with E-state index in [1.165, 1.54) is 0 Å². The van der Waals surface area contributed by atoms with Gasteiger partial charge >= 0.3 is 0 Å². The molecule has 3 amide bonds. The van der Waals surface area contributed by atoms with Gasteiger partial charge in [0.15, 0.2) is 0 Å². The molecule has 0 saturated heterocycles. The Labute approximate surface area is 200 Å². The Morgan fingerprint density at radius 3 is 2.27 bits per heavy atom. The first-order chi connectivity index (χ1) is 15.7. The van der Waals surface area contributed by atoms with E-state index < -0.39 is 11.8 Å². The molecule has 2 N–H and O–H groups in total. The van der Waals surface area contributed by atoms with E-state index in [2.05, 4.69) is 10.6 Å². The summed E-state index contributed by atoms with van der Waals surface area (Å²) in [5.41, 5.74) is 3.62. The van der Waals surface area contributed by atoms with E-state index in [1.54, 1.807) is 60.7 Å². The Morgan fingerprint density at radius 1 is 0.848 bits per heavy atom. The van der Waals surface area contributed by atoms with Gasteiger partial charge < -0.3 is 10.6 Å². The molecular formula is C25H19Cl2N3O3. The van der Waals surface area contributed by atoms with Crippen molar-refractivity contribution in [2.24, 2.45) is 0 Å². The highest BCUT2D eigenvalue weighted by molar-refractivity contribution is 6.53. The largest absolute Gasteiger partial charge is 0.350 e. The Morgan fingerprint density at radius 2 is 1.58 bits per heavy atom. The van der Waals surface area contributed by atoms with Gasteiger partial charge in [-0.05, 0) is 61.9 Å². The van der Waals surface area contributed by atoms with Crippen LogP contribution in [0.15, 0.2) is 77.5 Å². The second kappa shape index (κ2) is 9.10. The Balaban J connectivity index is 1.53. The lowest BCUT2D eigenvalue weighted by atomic mass is 10.1. The highest BCUT2D eigenvalue weighted by atomic mass is 35.5. The maximum Gasteiger partial charge on any atom is 0.283 e. The van der Waals surface area contributed by atoms with E-state index in [4.69, 9.17) is 23.2 Å². The highest BCUT2D eigenvalue weighted by Crippen LogP contribution is 2.30. The zero-order chi connectivity index (χ0) is 23.7. The summed E-state index contributed by atoms with van der Waals surface area (Å²) in [6.45, 7) is 3.78. The number of amides is 3. The third-order valence-corrected chi connectivity index (χ3v) is 5.90. The third-order valence-electron chi connectivity index (χ3n) is 5.14. The van der Waals surface area contributed by atoms with E-state index >= 15 is 0 Å². The molecule has 0 bridgehead atoms. The molecule has 3 aromatic carbocycles. The molecule has 0 spiro atoms. The zero-order valence-corrected chi connectivity index (χ0v) is 19.3. The Kier molecular flexibility index (Phi) is 6.22. The molecule has 4 rings (SSSR count). The number of benzene rings is 3. The molecule has 1 aliphatic heterocycles. The van der Waals surface area contributed by atoms with Crippen LogP contribution in [0.5, 0.6) is 0 Å². The average molecular weight is 480 g/mol. The first-order valence-corrected chi connectivity index (χ1v) is 10.8. The van der Waals surface area contributed by atoms with E-state index in [9.17, 15) is 14.4 Å². The van der Waals surface area contributed by atoms with E-state index in [1.807, 2.05) is 19.9 Å². The number of halogens is 2. The number of hydrogen-bond donors (Lipinski definition) is 2. The van der Waals surface area contributed by atoms with E-state index in [0.717, 1.165) is 16.0 Å². The molecule has 33 heavy (non-hydrogen) atoms. The Bertz CT molecular complexity index is 1320. The summed E-state index contributed by atoms with van der Waals surface area (Å²) in [6.07, 6.45) is 0. The molecule has 0 fully saturated rings. The SMILES string of the molecule is Cc1ccc(N2C(=O)C(Cl)=C(Nc3cccc(C(=O)Nc4ccc(C)c(Cl)c4)c3)C2=O)cc1. The third kappa shape index (κ3) is 4.62. The van der Waals surface area contributed by atoms with Gasteiger partial charge in [0.25, 0.3) is 17.7 Å². The smallest absolute Gasteiger partial charge is 0.283 e. The molecule has 1 heterocycles. The predicted molar refractivity (Wildman–Crippen MR) is 131 cm³/mol. The second-order valence-corrected chi connectivity index (χ2v) is 8.38. The lowest BCUT2D eigenvalue weighted by molar-refractivity contribution is -0.120. The van der Waals surface area contributed by atoms with Crippen molar-refractivity contribution >= 4 is 58.0 Å². The number of carbonyl (C=O) groups is 3. The quantitative estimate of drug-likeness (QED) is 0.463. The van der Waals surface area contributed by atoms with Gasteiger partial charge in [-0.1, -0.05) is 53.0 Å². The number of aryl methyl sites for hydroxylation is 2. The van der Waals surface area contributed by atoms with E-state index in [0.29, 0.717) is 27.6 Å². The fourth-order valence-electron chi connectivity index (χ4n) is 3.30. The van der Waals surface area contributed by atoms with Crippen LogP contribution < -0.4 is 15.5 Å². The van der Waals surface area contributed by atoms with Crippen LogP contribution in [0.2, 0.25) is 5.02 Å². The van der Waals surface area contributed by atoms with Crippen molar-refractivity contribution in [3.8, 4) is 0 Å². The van der Waals surface area contributed by atoms with Crippen LogP contribution in [0.1, 0.15) is 21.5 Å². The molecule has 0 atom stereocenters. The molecule has 0 aromatic heterocycles. The molecule has 0 unspecified atom stereocenters. The zero-order valence-electron chi connectivity index (χ0n) is 17.8. The Hall–Kier alpha value is -3.61. The first-order valence-electron chi connectivity index (χ1n) is 10.0. The van der Waals surface area contributed by atoms with Crippen LogP contribution in [0.3, 0.4) is 0 Å². The van der Waals surface area contributed by atoms with Gasteiger partial charge in [-0.25, -0.2) is 4.90 Å². The lowest BCUT2D eigenvalue weighted by Crippen LogP contribution is -2.32. The summed E-state index contributed by atoms with van der Waals surface area (Å²) in [5, 5.41) is 6.01. The van der Waals surface area contributed by atoms with Crippen LogP contribution >= 0.6 is 23.2 Å². The van der Waals surface area contributed by atoms with Gasteiger partial charge in [0.2, 0.25) is 0 Å². The number of hydrogen-bond acceptors (Lipinski definition) is 4.